The summed E-state index contributed by atoms with van der Waals surface area (Å²) >= 11 is 0. The molecule has 0 spiro atoms. The average molecular weight is 239 g/mol. The lowest BCUT2D eigenvalue weighted by Crippen LogP contribution is -2.43. The van der Waals surface area contributed by atoms with E-state index in [1.807, 2.05) is 0 Å². The maximum absolute atomic E-state index is 11.6. The van der Waals surface area contributed by atoms with Crippen molar-refractivity contribution in [3.63, 3.8) is 0 Å². The molecule has 1 aromatic heterocycles. The maximum Gasteiger partial charge on any atom is 0.271 e. The predicted molar refractivity (Wildman–Crippen MR) is 57.6 cm³/mol. The molecule has 1 aliphatic rings. The molecule has 0 aromatic carbocycles. The molecule has 0 saturated carbocycles. The third-order valence-electron chi connectivity index (χ3n) is 2.57. The van der Waals surface area contributed by atoms with E-state index in [1.54, 1.807) is 0 Å². The van der Waals surface area contributed by atoms with E-state index in [1.165, 1.54) is 12.1 Å². The molecule has 1 atom stereocenters. The minimum absolute atomic E-state index is 0.104. The number of rotatable bonds is 3. The highest BCUT2D eigenvalue weighted by molar-refractivity contribution is 5.92. The zero-order valence-electron chi connectivity index (χ0n) is 9.10. The second-order valence-electron chi connectivity index (χ2n) is 4.02. The van der Waals surface area contributed by atoms with Crippen molar-refractivity contribution in [1.82, 2.24) is 15.5 Å². The lowest BCUT2D eigenvalue weighted by atomic mass is 10.0. The van der Waals surface area contributed by atoms with Crippen LogP contribution < -0.4 is 10.9 Å². The fraction of sp³-hybridized carbons (Fsp3) is 0.500. The number of hydrogen-bond acceptors (Lipinski definition) is 5. The molecule has 0 bridgehead atoms. The highest BCUT2D eigenvalue weighted by Gasteiger charge is 2.32. The van der Waals surface area contributed by atoms with Crippen LogP contribution in [-0.2, 0) is 4.74 Å². The van der Waals surface area contributed by atoms with Gasteiger partial charge in [-0.15, -0.1) is 0 Å². The summed E-state index contributed by atoms with van der Waals surface area (Å²) in [5.74, 6) is -0.443. The molecule has 1 aromatic rings. The van der Waals surface area contributed by atoms with Crippen LogP contribution in [0.15, 0.2) is 16.9 Å². The van der Waals surface area contributed by atoms with Gasteiger partial charge in [-0.1, -0.05) is 0 Å². The van der Waals surface area contributed by atoms with Gasteiger partial charge in [0.25, 0.3) is 11.5 Å². The largest absolute Gasteiger partial charge is 0.386 e. The lowest BCUT2D eigenvalue weighted by Gasteiger charge is -2.20. The third kappa shape index (κ3) is 2.89. The lowest BCUT2D eigenvalue weighted by molar-refractivity contribution is 0.0264. The van der Waals surface area contributed by atoms with Crippen molar-refractivity contribution >= 4 is 5.91 Å². The van der Waals surface area contributed by atoms with Gasteiger partial charge in [-0.2, -0.15) is 5.10 Å². The van der Waals surface area contributed by atoms with Crippen LogP contribution in [0.4, 0.5) is 0 Å². The van der Waals surface area contributed by atoms with Crippen molar-refractivity contribution in [1.29, 1.82) is 0 Å². The van der Waals surface area contributed by atoms with Crippen molar-refractivity contribution in [2.75, 3.05) is 19.8 Å². The van der Waals surface area contributed by atoms with Crippen molar-refractivity contribution in [3.05, 3.63) is 28.2 Å². The van der Waals surface area contributed by atoms with Gasteiger partial charge >= 0.3 is 0 Å². The normalized spacial score (nSPS) is 23.6. The molecular formula is C10H13N3O4. The summed E-state index contributed by atoms with van der Waals surface area (Å²) in [5.41, 5.74) is -1.27. The molecular weight excluding hydrogens is 226 g/mol. The maximum atomic E-state index is 11.6. The van der Waals surface area contributed by atoms with Crippen LogP contribution in [-0.4, -0.2) is 46.6 Å². The van der Waals surface area contributed by atoms with Gasteiger partial charge in [0.1, 0.15) is 11.3 Å². The number of nitrogens with one attached hydrogen (secondary N) is 2. The number of aromatic amines is 1. The molecule has 2 rings (SSSR count). The Balaban J connectivity index is 1.93. The van der Waals surface area contributed by atoms with Crippen molar-refractivity contribution in [3.8, 4) is 0 Å². The van der Waals surface area contributed by atoms with Gasteiger partial charge in [-0.25, -0.2) is 5.10 Å². The van der Waals surface area contributed by atoms with Gasteiger partial charge < -0.3 is 15.2 Å². The van der Waals surface area contributed by atoms with Gasteiger partial charge in [-0.3, -0.25) is 9.59 Å². The zero-order valence-corrected chi connectivity index (χ0v) is 9.10. The van der Waals surface area contributed by atoms with E-state index in [-0.39, 0.29) is 24.4 Å². The fourth-order valence-electron chi connectivity index (χ4n) is 1.54. The number of ether oxygens (including phenoxy) is 1. The molecule has 1 aliphatic heterocycles. The predicted octanol–water partition coefficient (Wildman–Crippen LogP) is -1.35. The molecule has 1 saturated heterocycles. The van der Waals surface area contributed by atoms with E-state index in [9.17, 15) is 14.7 Å². The highest BCUT2D eigenvalue weighted by atomic mass is 16.5. The Labute approximate surface area is 96.8 Å². The Morgan fingerprint density at radius 2 is 2.47 bits per heavy atom. The quantitative estimate of drug-likeness (QED) is 0.605. The van der Waals surface area contributed by atoms with Gasteiger partial charge in [-0.05, 0) is 6.07 Å². The van der Waals surface area contributed by atoms with Crippen LogP contribution in [0.5, 0.6) is 0 Å². The fourth-order valence-corrected chi connectivity index (χ4v) is 1.54. The van der Waals surface area contributed by atoms with Crippen LogP contribution in [0, 0.1) is 0 Å². The number of H-pyrrole nitrogens is 1. The van der Waals surface area contributed by atoms with Crippen LogP contribution in [0.25, 0.3) is 0 Å². The minimum Gasteiger partial charge on any atom is -0.386 e. The Kier molecular flexibility index (Phi) is 3.21. The topological polar surface area (TPSA) is 104 Å². The van der Waals surface area contributed by atoms with E-state index in [2.05, 4.69) is 15.5 Å². The summed E-state index contributed by atoms with van der Waals surface area (Å²) in [4.78, 5) is 22.4. The van der Waals surface area contributed by atoms with E-state index in [4.69, 9.17) is 4.74 Å². The monoisotopic (exact) mass is 239 g/mol. The molecule has 2 heterocycles. The first-order valence-electron chi connectivity index (χ1n) is 5.23. The Morgan fingerprint density at radius 1 is 1.65 bits per heavy atom. The molecule has 92 valence electrons. The first kappa shape index (κ1) is 11.7. The molecule has 7 nitrogen and oxygen atoms in total. The van der Waals surface area contributed by atoms with Crippen LogP contribution >= 0.6 is 0 Å². The Morgan fingerprint density at radius 3 is 3.06 bits per heavy atom. The standard InChI is InChI=1S/C10H13N3O4/c14-8-2-1-7(12-13-8)9(15)11-5-10(16)3-4-17-6-10/h1-2,16H,3-6H2,(H,11,15)(H,13,14). The second-order valence-corrected chi connectivity index (χ2v) is 4.02. The summed E-state index contributed by atoms with van der Waals surface area (Å²) in [5, 5.41) is 18.2. The van der Waals surface area contributed by atoms with Crippen LogP contribution in [0.1, 0.15) is 16.9 Å². The molecule has 17 heavy (non-hydrogen) atoms. The average Bonchev–Trinajstić information content (AvgIpc) is 2.75. The molecule has 0 aliphatic carbocycles. The van der Waals surface area contributed by atoms with Crippen LogP contribution in [0.3, 0.4) is 0 Å². The van der Waals surface area contributed by atoms with Gasteiger partial charge in [0.15, 0.2) is 0 Å². The number of aliphatic hydroxyl groups is 1. The molecule has 7 heteroatoms. The van der Waals surface area contributed by atoms with Crippen molar-refractivity contribution in [2.24, 2.45) is 0 Å². The Hall–Kier alpha value is -1.73. The van der Waals surface area contributed by atoms with E-state index >= 15 is 0 Å². The van der Waals surface area contributed by atoms with Crippen molar-refractivity contribution in [2.45, 2.75) is 12.0 Å². The molecule has 3 N–H and O–H groups in total. The first-order valence-corrected chi connectivity index (χ1v) is 5.23. The second kappa shape index (κ2) is 4.64. The summed E-state index contributed by atoms with van der Waals surface area (Å²) in [6, 6.07) is 2.54. The summed E-state index contributed by atoms with van der Waals surface area (Å²) in [6.45, 7) is 0.808. The van der Waals surface area contributed by atoms with Gasteiger partial charge in [0, 0.05) is 25.6 Å². The number of nitrogens with zero attached hydrogens (tertiary/aromatic N) is 1. The first-order chi connectivity index (χ1) is 8.09. The smallest absolute Gasteiger partial charge is 0.271 e. The number of amides is 1. The van der Waals surface area contributed by atoms with Gasteiger partial charge in [0.2, 0.25) is 0 Å². The number of hydrogen-bond donors (Lipinski definition) is 3. The molecule has 1 fully saturated rings. The van der Waals surface area contributed by atoms with Crippen LogP contribution in [0.2, 0.25) is 0 Å². The van der Waals surface area contributed by atoms with Gasteiger partial charge in [0.05, 0.1) is 6.61 Å². The molecule has 1 amide bonds. The summed E-state index contributed by atoms with van der Waals surface area (Å²) < 4.78 is 5.05. The highest BCUT2D eigenvalue weighted by Crippen LogP contribution is 2.16. The van der Waals surface area contributed by atoms with E-state index in [0.29, 0.717) is 13.0 Å². The number of carbonyl (C=O) groups excluding carboxylic acids is 1. The number of aromatic nitrogens is 2. The van der Waals surface area contributed by atoms with Crippen molar-refractivity contribution < 1.29 is 14.6 Å². The molecule has 1 unspecified atom stereocenters. The number of carbonyl (C=O) groups is 1. The summed E-state index contributed by atoms with van der Waals surface area (Å²) in [6.07, 6.45) is 0.492. The minimum atomic E-state index is -1.00. The third-order valence-corrected chi connectivity index (χ3v) is 2.57. The summed E-state index contributed by atoms with van der Waals surface area (Å²) in [7, 11) is 0. The van der Waals surface area contributed by atoms with E-state index < -0.39 is 11.5 Å². The zero-order chi connectivity index (χ0) is 12.3. The van der Waals surface area contributed by atoms with E-state index in [0.717, 1.165) is 0 Å². The Bertz CT molecular complexity index is 444. The SMILES string of the molecule is O=C(NCC1(O)CCOC1)c1ccc(=O)[nH]n1. The molecule has 0 radical (unpaired) electrons.